The quantitative estimate of drug-likeness (QED) is 0.829. The number of halogens is 1. The molecule has 4 nitrogen and oxygen atoms in total. The van der Waals surface area contributed by atoms with E-state index in [1.165, 1.54) is 17.7 Å². The number of benzene rings is 1. The SMILES string of the molecule is Cc1ccc(Cl)cc1N1CCC(CNC(=O)CCC2CCNC2)C1. The summed E-state index contributed by atoms with van der Waals surface area (Å²) >= 11 is 6.13. The highest BCUT2D eigenvalue weighted by molar-refractivity contribution is 6.30. The molecule has 1 amide bonds. The van der Waals surface area contributed by atoms with Crippen molar-refractivity contribution in [2.24, 2.45) is 11.8 Å². The fraction of sp³-hybridized carbons (Fsp3) is 0.632. The minimum Gasteiger partial charge on any atom is -0.371 e. The maximum atomic E-state index is 12.0. The van der Waals surface area contributed by atoms with E-state index in [0.717, 1.165) is 50.6 Å². The largest absolute Gasteiger partial charge is 0.371 e. The maximum absolute atomic E-state index is 12.0. The normalized spacial score (nSPS) is 23.7. The Labute approximate surface area is 149 Å². The predicted molar refractivity (Wildman–Crippen MR) is 99.7 cm³/mol. The first-order valence-corrected chi connectivity index (χ1v) is 9.48. The van der Waals surface area contributed by atoms with Crippen LogP contribution in [0.4, 0.5) is 5.69 Å². The first kappa shape index (κ1) is 17.6. The second-order valence-corrected chi connectivity index (χ2v) is 7.67. The summed E-state index contributed by atoms with van der Waals surface area (Å²) in [5.41, 5.74) is 2.49. The number of aryl methyl sites for hydroxylation is 1. The number of hydrogen-bond acceptors (Lipinski definition) is 3. The number of anilines is 1. The van der Waals surface area contributed by atoms with Crippen LogP contribution in [0.1, 0.15) is 31.2 Å². The smallest absolute Gasteiger partial charge is 0.220 e. The molecule has 0 aromatic heterocycles. The van der Waals surface area contributed by atoms with Crippen LogP contribution in [0.25, 0.3) is 0 Å². The number of rotatable bonds is 6. The van der Waals surface area contributed by atoms with Gasteiger partial charge in [-0.05, 0) is 68.8 Å². The summed E-state index contributed by atoms with van der Waals surface area (Å²) in [5, 5.41) is 7.28. The van der Waals surface area contributed by atoms with Crippen LogP contribution in [-0.4, -0.2) is 38.6 Å². The second-order valence-electron chi connectivity index (χ2n) is 7.23. The van der Waals surface area contributed by atoms with Crippen LogP contribution in [0.2, 0.25) is 5.02 Å². The molecule has 0 aliphatic carbocycles. The fourth-order valence-corrected chi connectivity index (χ4v) is 3.95. The monoisotopic (exact) mass is 349 g/mol. The summed E-state index contributed by atoms with van der Waals surface area (Å²) in [6, 6.07) is 6.06. The highest BCUT2D eigenvalue weighted by Crippen LogP contribution is 2.29. The molecule has 1 aromatic rings. The predicted octanol–water partition coefficient (Wildman–Crippen LogP) is 2.98. The molecule has 2 saturated heterocycles. The Morgan fingerprint density at radius 2 is 2.25 bits per heavy atom. The van der Waals surface area contributed by atoms with E-state index >= 15 is 0 Å². The molecule has 3 rings (SSSR count). The van der Waals surface area contributed by atoms with E-state index in [1.807, 2.05) is 12.1 Å². The van der Waals surface area contributed by atoms with Crippen LogP contribution in [0.3, 0.4) is 0 Å². The minimum absolute atomic E-state index is 0.208. The standard InChI is InChI=1S/C19H28ClN3O/c1-14-2-4-17(20)10-18(14)23-9-7-16(13-23)12-22-19(24)5-3-15-6-8-21-11-15/h2,4,10,15-16,21H,3,5-9,11-13H2,1H3,(H,22,24). The van der Waals surface area contributed by atoms with Gasteiger partial charge in [0.25, 0.3) is 0 Å². The Morgan fingerprint density at radius 3 is 3.04 bits per heavy atom. The molecule has 2 aliphatic rings. The third-order valence-electron chi connectivity index (χ3n) is 5.33. The van der Waals surface area contributed by atoms with Gasteiger partial charge in [-0.2, -0.15) is 0 Å². The van der Waals surface area contributed by atoms with Crippen LogP contribution in [0.5, 0.6) is 0 Å². The molecule has 24 heavy (non-hydrogen) atoms. The summed E-state index contributed by atoms with van der Waals surface area (Å²) in [7, 11) is 0. The maximum Gasteiger partial charge on any atom is 0.220 e. The van der Waals surface area contributed by atoms with Crippen molar-refractivity contribution in [2.75, 3.05) is 37.6 Å². The van der Waals surface area contributed by atoms with Crippen molar-refractivity contribution in [1.82, 2.24) is 10.6 Å². The number of nitrogens with one attached hydrogen (secondary N) is 2. The van der Waals surface area contributed by atoms with E-state index in [4.69, 9.17) is 11.6 Å². The summed E-state index contributed by atoms with van der Waals surface area (Å²) in [6.07, 6.45) is 4.01. The van der Waals surface area contributed by atoms with Crippen molar-refractivity contribution in [1.29, 1.82) is 0 Å². The molecule has 2 unspecified atom stereocenters. The van der Waals surface area contributed by atoms with Gasteiger partial charge in [0, 0.05) is 36.8 Å². The van der Waals surface area contributed by atoms with Crippen LogP contribution < -0.4 is 15.5 Å². The molecular formula is C19H28ClN3O. The molecule has 2 heterocycles. The van der Waals surface area contributed by atoms with Crippen molar-refractivity contribution in [3.05, 3.63) is 28.8 Å². The summed E-state index contributed by atoms with van der Waals surface area (Å²) in [4.78, 5) is 14.4. The molecule has 2 atom stereocenters. The van der Waals surface area contributed by atoms with E-state index in [2.05, 4.69) is 28.5 Å². The third-order valence-corrected chi connectivity index (χ3v) is 5.56. The Morgan fingerprint density at radius 1 is 1.38 bits per heavy atom. The molecular weight excluding hydrogens is 322 g/mol. The highest BCUT2D eigenvalue weighted by Gasteiger charge is 2.24. The van der Waals surface area contributed by atoms with Crippen molar-refractivity contribution in [2.45, 2.75) is 32.6 Å². The van der Waals surface area contributed by atoms with Gasteiger partial charge < -0.3 is 15.5 Å². The zero-order valence-electron chi connectivity index (χ0n) is 14.5. The first-order valence-electron chi connectivity index (χ1n) is 9.10. The average molecular weight is 350 g/mol. The number of carbonyl (C=O) groups excluding carboxylic acids is 1. The first-order chi connectivity index (χ1) is 11.6. The van der Waals surface area contributed by atoms with E-state index in [-0.39, 0.29) is 5.91 Å². The highest BCUT2D eigenvalue weighted by atomic mass is 35.5. The molecule has 1 aromatic carbocycles. The van der Waals surface area contributed by atoms with Crippen molar-refractivity contribution < 1.29 is 4.79 Å². The number of carbonyl (C=O) groups is 1. The van der Waals surface area contributed by atoms with Crippen LogP contribution in [0, 0.1) is 18.8 Å². The van der Waals surface area contributed by atoms with Gasteiger partial charge in [-0.1, -0.05) is 17.7 Å². The van der Waals surface area contributed by atoms with Gasteiger partial charge in [-0.15, -0.1) is 0 Å². The number of hydrogen-bond donors (Lipinski definition) is 2. The second kappa shape index (κ2) is 8.21. The van der Waals surface area contributed by atoms with Gasteiger partial charge in [0.15, 0.2) is 0 Å². The zero-order valence-corrected chi connectivity index (χ0v) is 15.2. The van der Waals surface area contributed by atoms with Gasteiger partial charge in [0.1, 0.15) is 0 Å². The molecule has 0 radical (unpaired) electrons. The number of amides is 1. The molecule has 2 fully saturated rings. The summed E-state index contributed by atoms with van der Waals surface area (Å²) in [6.45, 7) is 7.12. The van der Waals surface area contributed by atoms with Gasteiger partial charge in [-0.3, -0.25) is 4.79 Å². The average Bonchev–Trinajstić information content (AvgIpc) is 3.24. The van der Waals surface area contributed by atoms with Gasteiger partial charge >= 0.3 is 0 Å². The van der Waals surface area contributed by atoms with E-state index < -0.39 is 0 Å². The zero-order chi connectivity index (χ0) is 16.9. The van der Waals surface area contributed by atoms with Crippen LogP contribution >= 0.6 is 11.6 Å². The Hall–Kier alpha value is -1.26. The minimum atomic E-state index is 0.208. The Bertz CT molecular complexity index is 572. The van der Waals surface area contributed by atoms with E-state index in [1.54, 1.807) is 0 Å². The fourth-order valence-electron chi connectivity index (χ4n) is 3.78. The van der Waals surface area contributed by atoms with Crippen LogP contribution in [0.15, 0.2) is 18.2 Å². The molecule has 2 N–H and O–H groups in total. The lowest BCUT2D eigenvalue weighted by Gasteiger charge is -2.21. The van der Waals surface area contributed by atoms with E-state index in [9.17, 15) is 4.79 Å². The van der Waals surface area contributed by atoms with E-state index in [0.29, 0.717) is 18.3 Å². The third kappa shape index (κ3) is 4.64. The van der Waals surface area contributed by atoms with Crippen molar-refractivity contribution in [3.8, 4) is 0 Å². The summed E-state index contributed by atoms with van der Waals surface area (Å²) in [5.74, 6) is 1.42. The molecule has 0 saturated carbocycles. The molecule has 2 aliphatic heterocycles. The van der Waals surface area contributed by atoms with Crippen molar-refractivity contribution in [3.63, 3.8) is 0 Å². The van der Waals surface area contributed by atoms with Gasteiger partial charge in [0.2, 0.25) is 5.91 Å². The van der Waals surface area contributed by atoms with Gasteiger partial charge in [0.05, 0.1) is 0 Å². The molecule has 132 valence electrons. The Kier molecular flexibility index (Phi) is 6.01. The molecule has 0 bridgehead atoms. The topological polar surface area (TPSA) is 44.4 Å². The van der Waals surface area contributed by atoms with Crippen molar-refractivity contribution >= 4 is 23.2 Å². The lowest BCUT2D eigenvalue weighted by Crippen LogP contribution is -2.31. The molecule has 5 heteroatoms. The number of nitrogens with zero attached hydrogens (tertiary/aromatic N) is 1. The lowest BCUT2D eigenvalue weighted by molar-refractivity contribution is -0.121. The summed E-state index contributed by atoms with van der Waals surface area (Å²) < 4.78 is 0. The molecule has 0 spiro atoms. The van der Waals surface area contributed by atoms with Crippen LogP contribution in [-0.2, 0) is 4.79 Å². The Balaban J connectivity index is 1.41. The lowest BCUT2D eigenvalue weighted by atomic mass is 10.0. The van der Waals surface area contributed by atoms with Gasteiger partial charge in [-0.25, -0.2) is 0 Å².